The summed E-state index contributed by atoms with van der Waals surface area (Å²) >= 11 is 0. The molecule has 25 heavy (non-hydrogen) atoms. The Hall–Kier alpha value is -2.37. The highest BCUT2D eigenvalue weighted by Gasteiger charge is 2.43. The van der Waals surface area contributed by atoms with Gasteiger partial charge in [-0.3, -0.25) is 0 Å². The summed E-state index contributed by atoms with van der Waals surface area (Å²) in [5, 5.41) is 2.91. The minimum Gasteiger partial charge on any atom is -0.375 e. The van der Waals surface area contributed by atoms with Crippen LogP contribution in [0.25, 0.3) is 0 Å². The number of benzene rings is 2. The van der Waals surface area contributed by atoms with Crippen molar-refractivity contribution in [3.05, 3.63) is 76.9 Å². The predicted molar refractivity (Wildman–Crippen MR) is 84.2 cm³/mol. The Bertz CT molecular complexity index is 855. The third kappa shape index (κ3) is 2.60. The van der Waals surface area contributed by atoms with E-state index in [0.717, 1.165) is 12.1 Å². The molecule has 2 aromatic rings. The number of hydrogen-bond donors (Lipinski definition) is 1. The molecule has 0 fully saturated rings. The van der Waals surface area contributed by atoms with E-state index in [1.807, 2.05) is 12.2 Å². The lowest BCUT2D eigenvalue weighted by Gasteiger charge is -2.38. The molecule has 1 heterocycles. The molecule has 0 aromatic heterocycles. The summed E-state index contributed by atoms with van der Waals surface area (Å²) < 4.78 is 68.1. The maximum Gasteiger partial charge on any atom is 0.416 e. The van der Waals surface area contributed by atoms with E-state index in [1.54, 1.807) is 6.07 Å². The zero-order chi connectivity index (χ0) is 17.8. The molecule has 130 valence electrons. The first-order valence-electron chi connectivity index (χ1n) is 7.94. The van der Waals surface area contributed by atoms with Crippen LogP contribution in [0.2, 0.25) is 0 Å². The lowest BCUT2D eigenvalue weighted by molar-refractivity contribution is -0.138. The number of hydrogen-bond acceptors (Lipinski definition) is 1. The molecular formula is C19H14F5N. The van der Waals surface area contributed by atoms with Crippen LogP contribution in [0.4, 0.5) is 27.6 Å². The number of nitrogens with one attached hydrogen (secondary N) is 1. The van der Waals surface area contributed by atoms with Crippen LogP contribution >= 0.6 is 0 Å². The van der Waals surface area contributed by atoms with Gasteiger partial charge in [-0.2, -0.15) is 13.2 Å². The van der Waals surface area contributed by atoms with E-state index in [-0.39, 0.29) is 23.1 Å². The summed E-state index contributed by atoms with van der Waals surface area (Å²) in [6.45, 7) is 0. The van der Waals surface area contributed by atoms with Crippen LogP contribution < -0.4 is 5.32 Å². The molecule has 1 aliphatic carbocycles. The van der Waals surface area contributed by atoms with Gasteiger partial charge in [0.1, 0.15) is 11.6 Å². The Morgan fingerprint density at radius 2 is 1.76 bits per heavy atom. The molecule has 1 aliphatic heterocycles. The standard InChI is InChI=1S/C19H14F5N/c20-10-8-14-11-5-3-6-12(11)17(25-18(14)16(21)9-10)13-4-1-2-7-15(13)19(22,23)24/h1-5,7-9,11-12,17,25H,6H2/t11-,12-,17+/m1/s1. The Labute approximate surface area is 141 Å². The van der Waals surface area contributed by atoms with Crippen LogP contribution in [0.1, 0.15) is 35.1 Å². The molecule has 6 heteroatoms. The Balaban J connectivity index is 1.86. The Morgan fingerprint density at radius 3 is 2.52 bits per heavy atom. The lowest BCUT2D eigenvalue weighted by atomic mass is 9.76. The van der Waals surface area contributed by atoms with Gasteiger partial charge < -0.3 is 5.32 Å². The molecule has 1 N–H and O–H groups in total. The number of alkyl halides is 3. The number of fused-ring (bicyclic) bond motifs is 3. The molecular weight excluding hydrogens is 337 g/mol. The van der Waals surface area contributed by atoms with E-state index in [1.165, 1.54) is 18.2 Å². The van der Waals surface area contributed by atoms with Gasteiger partial charge in [0, 0.05) is 12.0 Å². The molecule has 0 unspecified atom stereocenters. The quantitative estimate of drug-likeness (QED) is 0.505. The van der Waals surface area contributed by atoms with E-state index >= 15 is 0 Å². The van der Waals surface area contributed by atoms with Crippen molar-refractivity contribution in [1.29, 1.82) is 0 Å². The first-order valence-corrected chi connectivity index (χ1v) is 7.94. The summed E-state index contributed by atoms with van der Waals surface area (Å²) in [6.07, 6.45) is -0.266. The fourth-order valence-electron chi connectivity index (χ4n) is 3.96. The van der Waals surface area contributed by atoms with Crippen molar-refractivity contribution in [3.63, 3.8) is 0 Å². The van der Waals surface area contributed by atoms with E-state index in [2.05, 4.69) is 5.32 Å². The zero-order valence-electron chi connectivity index (χ0n) is 12.9. The average Bonchev–Trinajstić information content (AvgIpc) is 3.03. The number of anilines is 1. The Kier molecular flexibility index (Phi) is 3.60. The third-order valence-electron chi connectivity index (χ3n) is 4.99. The van der Waals surface area contributed by atoms with Gasteiger partial charge in [0.05, 0.1) is 17.3 Å². The average molecular weight is 351 g/mol. The topological polar surface area (TPSA) is 12.0 Å². The minimum atomic E-state index is -4.50. The number of allylic oxidation sites excluding steroid dienone is 2. The van der Waals surface area contributed by atoms with E-state index in [9.17, 15) is 22.0 Å². The van der Waals surface area contributed by atoms with Crippen LogP contribution in [0, 0.1) is 17.6 Å². The fourth-order valence-corrected chi connectivity index (χ4v) is 3.96. The van der Waals surface area contributed by atoms with Gasteiger partial charge in [-0.15, -0.1) is 0 Å². The maximum atomic E-state index is 14.3. The highest BCUT2D eigenvalue weighted by molar-refractivity contribution is 5.61. The minimum absolute atomic E-state index is 0.0798. The monoisotopic (exact) mass is 351 g/mol. The molecule has 1 nitrogen and oxygen atoms in total. The second-order valence-electron chi connectivity index (χ2n) is 6.41. The van der Waals surface area contributed by atoms with E-state index < -0.39 is 29.4 Å². The molecule has 0 saturated heterocycles. The highest BCUT2D eigenvalue weighted by atomic mass is 19.4. The summed E-state index contributed by atoms with van der Waals surface area (Å²) in [7, 11) is 0. The van der Waals surface area contributed by atoms with Crippen molar-refractivity contribution in [1.82, 2.24) is 0 Å². The number of rotatable bonds is 1. The summed E-state index contributed by atoms with van der Waals surface area (Å²) in [4.78, 5) is 0. The molecule has 0 radical (unpaired) electrons. The second-order valence-corrected chi connectivity index (χ2v) is 6.41. The molecule has 3 atom stereocenters. The zero-order valence-corrected chi connectivity index (χ0v) is 12.9. The van der Waals surface area contributed by atoms with E-state index in [4.69, 9.17) is 0 Å². The van der Waals surface area contributed by atoms with Crippen LogP contribution in [-0.4, -0.2) is 0 Å². The van der Waals surface area contributed by atoms with Crippen LogP contribution in [0.5, 0.6) is 0 Å². The molecule has 2 aromatic carbocycles. The summed E-state index contributed by atoms with van der Waals surface area (Å²) in [5.41, 5.74) is -0.111. The lowest BCUT2D eigenvalue weighted by Crippen LogP contribution is -2.31. The molecule has 0 spiro atoms. The molecule has 2 aliphatic rings. The second kappa shape index (κ2) is 5.58. The van der Waals surface area contributed by atoms with E-state index in [0.29, 0.717) is 12.0 Å². The fraction of sp³-hybridized carbons (Fsp3) is 0.263. The summed E-state index contributed by atoms with van der Waals surface area (Å²) in [6, 6.07) is 6.63. The van der Waals surface area contributed by atoms with Crippen molar-refractivity contribution < 1.29 is 22.0 Å². The summed E-state index contributed by atoms with van der Waals surface area (Å²) in [5.74, 6) is -2.01. The van der Waals surface area contributed by atoms with Crippen LogP contribution in [0.15, 0.2) is 48.6 Å². The van der Waals surface area contributed by atoms with Crippen molar-refractivity contribution in [2.45, 2.75) is 24.6 Å². The molecule has 0 saturated carbocycles. The van der Waals surface area contributed by atoms with Crippen molar-refractivity contribution in [2.24, 2.45) is 5.92 Å². The SMILES string of the molecule is Fc1cc(F)c2c(c1)[C@@H]1C=CC[C@H]1[C@@H](c1ccccc1C(F)(F)F)N2. The largest absolute Gasteiger partial charge is 0.416 e. The van der Waals surface area contributed by atoms with Gasteiger partial charge in [0.15, 0.2) is 0 Å². The molecule has 0 amide bonds. The van der Waals surface area contributed by atoms with Gasteiger partial charge >= 0.3 is 6.18 Å². The van der Waals surface area contributed by atoms with Crippen LogP contribution in [-0.2, 0) is 6.18 Å². The van der Waals surface area contributed by atoms with Gasteiger partial charge in [0.2, 0.25) is 0 Å². The highest BCUT2D eigenvalue weighted by Crippen LogP contribution is 2.52. The van der Waals surface area contributed by atoms with Crippen molar-refractivity contribution in [2.75, 3.05) is 5.32 Å². The predicted octanol–water partition coefficient (Wildman–Crippen LogP) is 5.81. The van der Waals surface area contributed by atoms with Crippen LogP contribution in [0.3, 0.4) is 0 Å². The normalized spacial score (nSPS) is 24.6. The van der Waals surface area contributed by atoms with Gasteiger partial charge in [-0.25, -0.2) is 8.78 Å². The van der Waals surface area contributed by atoms with Gasteiger partial charge in [-0.1, -0.05) is 30.4 Å². The Morgan fingerprint density at radius 1 is 1.00 bits per heavy atom. The first-order chi connectivity index (χ1) is 11.9. The smallest absolute Gasteiger partial charge is 0.375 e. The number of halogens is 5. The van der Waals surface area contributed by atoms with Gasteiger partial charge in [-0.05, 0) is 35.6 Å². The van der Waals surface area contributed by atoms with Crippen molar-refractivity contribution >= 4 is 5.69 Å². The molecule has 4 rings (SSSR count). The maximum absolute atomic E-state index is 14.3. The first kappa shape index (κ1) is 16.1. The molecule has 0 bridgehead atoms. The van der Waals surface area contributed by atoms with Crippen molar-refractivity contribution in [3.8, 4) is 0 Å². The van der Waals surface area contributed by atoms with Gasteiger partial charge in [0.25, 0.3) is 0 Å². The third-order valence-corrected chi connectivity index (χ3v) is 4.99.